The Kier molecular flexibility index (Phi) is 7.46. The molecule has 0 bridgehead atoms. The average molecular weight is 526 g/mol. The molecule has 30 heavy (non-hydrogen) atoms. The number of hydrogen-bond donors (Lipinski definition) is 0. The molecular weight excluding hydrogens is 522 g/mol. The van der Waals surface area contributed by atoms with E-state index in [-0.39, 0.29) is 0 Å². The molecule has 0 atom stereocenters. The minimum atomic E-state index is -7.48. The Morgan fingerprint density at radius 2 is 0.600 bits per heavy atom. The van der Waals surface area contributed by atoms with Crippen LogP contribution < -0.4 is 0 Å². The van der Waals surface area contributed by atoms with Gasteiger partial charge in [0.2, 0.25) is 0 Å². The first-order valence-corrected chi connectivity index (χ1v) is 8.95. The molecule has 0 aromatic carbocycles. The van der Waals surface area contributed by atoms with Crippen molar-refractivity contribution in [3.05, 3.63) is 0 Å². The second-order valence-corrected chi connectivity index (χ2v) is 8.15. The van der Waals surface area contributed by atoms with Gasteiger partial charge in [-0.3, -0.25) is 8.37 Å². The molecule has 0 unspecified atom stereocenters. The first kappa shape index (κ1) is 28.8. The molecule has 0 aromatic rings. The van der Waals surface area contributed by atoms with Crippen LogP contribution in [0.15, 0.2) is 0 Å². The fourth-order valence-corrected chi connectivity index (χ4v) is 3.37. The van der Waals surface area contributed by atoms with E-state index in [0.29, 0.717) is 0 Å². The highest BCUT2D eigenvalue weighted by atomic mass is 32.2. The van der Waals surface area contributed by atoms with Gasteiger partial charge in [0.25, 0.3) is 0 Å². The summed E-state index contributed by atoms with van der Waals surface area (Å²) in [4.78, 5) is 0. The van der Waals surface area contributed by atoms with E-state index in [1.54, 1.807) is 0 Å². The summed E-state index contributed by atoms with van der Waals surface area (Å²) in [6.07, 6.45) is -29.0. The summed E-state index contributed by atoms with van der Waals surface area (Å²) in [5, 5.41) is -14.3. The summed E-state index contributed by atoms with van der Waals surface area (Å²) >= 11 is 0. The maximum atomic E-state index is 13.3. The SMILES string of the molecule is O=S(=O)(OCCOS(=O)(=O)C(F)(C(F)(F)F)C(F)(F)F)C(F)(C(F)(F)F)C(F)(F)F. The lowest BCUT2D eigenvalue weighted by atomic mass is 10.3. The minimum Gasteiger partial charge on any atom is -0.265 e. The lowest BCUT2D eigenvalue weighted by molar-refractivity contribution is -0.309. The monoisotopic (exact) mass is 526 g/mol. The van der Waals surface area contributed by atoms with E-state index in [1.165, 1.54) is 0 Å². The lowest BCUT2D eigenvalue weighted by Crippen LogP contribution is -2.59. The van der Waals surface area contributed by atoms with Crippen LogP contribution >= 0.6 is 0 Å². The molecule has 0 heterocycles. The molecule has 0 N–H and O–H groups in total. The normalized spacial score (nSPS) is 16.1. The van der Waals surface area contributed by atoms with Gasteiger partial charge in [-0.05, 0) is 0 Å². The summed E-state index contributed by atoms with van der Waals surface area (Å²) < 4.78 is 223. The van der Waals surface area contributed by atoms with Gasteiger partial charge >= 0.3 is 54.9 Å². The molecule has 0 rings (SSSR count). The van der Waals surface area contributed by atoms with Crippen molar-refractivity contribution >= 4 is 20.2 Å². The average Bonchev–Trinajstić information content (AvgIpc) is 2.45. The largest absolute Gasteiger partial charge is 0.449 e. The molecule has 0 amide bonds. The third-order valence-corrected chi connectivity index (χ3v) is 5.97. The highest BCUT2D eigenvalue weighted by molar-refractivity contribution is 7.88. The van der Waals surface area contributed by atoms with Crippen LogP contribution in [0.5, 0.6) is 0 Å². The number of hydrogen-bond acceptors (Lipinski definition) is 6. The van der Waals surface area contributed by atoms with Crippen molar-refractivity contribution in [2.45, 2.75) is 34.7 Å². The molecule has 0 aliphatic rings. The Hall–Kier alpha value is -1.16. The Morgan fingerprint density at radius 1 is 0.433 bits per heavy atom. The Bertz CT molecular complexity index is 718. The van der Waals surface area contributed by atoms with Crippen LogP contribution in [-0.2, 0) is 28.6 Å². The number of alkyl halides is 14. The third kappa shape index (κ3) is 4.69. The van der Waals surface area contributed by atoms with E-state index in [1.807, 2.05) is 0 Å². The Balaban J connectivity index is 5.68. The zero-order chi connectivity index (χ0) is 24.8. The molecule has 0 saturated heterocycles. The van der Waals surface area contributed by atoms with Gasteiger partial charge in [0.1, 0.15) is 0 Å². The summed E-state index contributed by atoms with van der Waals surface area (Å²) in [6.45, 7) is -5.02. The van der Waals surface area contributed by atoms with Crippen LogP contribution in [0.2, 0.25) is 0 Å². The topological polar surface area (TPSA) is 86.7 Å². The zero-order valence-corrected chi connectivity index (χ0v) is 14.6. The molecule has 0 fully saturated rings. The second kappa shape index (κ2) is 7.76. The maximum absolute atomic E-state index is 13.3. The first-order chi connectivity index (χ1) is 12.7. The molecule has 0 radical (unpaired) electrons. The van der Waals surface area contributed by atoms with Gasteiger partial charge in [0.15, 0.2) is 0 Å². The van der Waals surface area contributed by atoms with Crippen molar-refractivity contribution in [2.24, 2.45) is 0 Å². The molecule has 0 saturated carbocycles. The first-order valence-electron chi connectivity index (χ1n) is 6.13. The van der Waals surface area contributed by atoms with E-state index < -0.39 is 68.2 Å². The molecule has 0 spiro atoms. The van der Waals surface area contributed by atoms with Crippen molar-refractivity contribution < 1.29 is 86.7 Å². The minimum absolute atomic E-state index is 2.51. The van der Waals surface area contributed by atoms with Gasteiger partial charge in [-0.2, -0.15) is 69.5 Å². The fraction of sp³-hybridized carbons (Fsp3) is 1.00. The van der Waals surface area contributed by atoms with Gasteiger partial charge in [0.05, 0.1) is 13.2 Å². The molecule has 0 aliphatic heterocycles. The van der Waals surface area contributed by atoms with Crippen molar-refractivity contribution in [1.29, 1.82) is 0 Å². The summed E-state index contributed by atoms with van der Waals surface area (Å²) in [5.74, 6) is 0. The Labute approximate surface area is 156 Å². The highest BCUT2D eigenvalue weighted by Crippen LogP contribution is 2.51. The van der Waals surface area contributed by atoms with Crippen LogP contribution in [0.4, 0.5) is 61.5 Å². The van der Waals surface area contributed by atoms with E-state index in [0.717, 1.165) is 0 Å². The van der Waals surface area contributed by atoms with Crippen LogP contribution in [0.3, 0.4) is 0 Å². The quantitative estimate of drug-likeness (QED) is 0.288. The van der Waals surface area contributed by atoms with Crippen LogP contribution in [0.25, 0.3) is 0 Å². The predicted octanol–water partition coefficient (Wildman–Crippen LogP) is 3.26. The van der Waals surface area contributed by atoms with Gasteiger partial charge in [-0.25, -0.2) is 8.78 Å². The predicted molar refractivity (Wildman–Crippen MR) is 61.6 cm³/mol. The van der Waals surface area contributed by atoms with Crippen molar-refractivity contribution in [3.8, 4) is 0 Å². The lowest BCUT2D eigenvalue weighted by Gasteiger charge is -2.29. The number of rotatable bonds is 7. The molecule has 0 aromatic heterocycles. The van der Waals surface area contributed by atoms with E-state index in [9.17, 15) is 78.3 Å². The maximum Gasteiger partial charge on any atom is 0.449 e. The molecule has 6 nitrogen and oxygen atoms in total. The van der Waals surface area contributed by atoms with E-state index in [2.05, 4.69) is 8.37 Å². The Morgan fingerprint density at radius 3 is 0.733 bits per heavy atom. The van der Waals surface area contributed by atoms with Crippen LogP contribution in [0, 0.1) is 0 Å². The molecule has 0 aliphatic carbocycles. The smallest absolute Gasteiger partial charge is 0.265 e. The second-order valence-electron chi connectivity index (χ2n) is 4.73. The summed E-state index contributed by atoms with van der Waals surface area (Å²) in [7, 11) is -15.0. The molecule has 182 valence electrons. The third-order valence-electron chi connectivity index (χ3n) is 2.71. The van der Waals surface area contributed by atoms with Gasteiger partial charge in [-0.15, -0.1) is 0 Å². The van der Waals surface area contributed by atoms with E-state index in [4.69, 9.17) is 0 Å². The van der Waals surface area contributed by atoms with Gasteiger partial charge in [0, 0.05) is 0 Å². The van der Waals surface area contributed by atoms with Crippen molar-refractivity contribution in [3.63, 3.8) is 0 Å². The molecule has 22 heteroatoms. The number of halogens is 14. The van der Waals surface area contributed by atoms with E-state index >= 15 is 0 Å². The standard InChI is InChI=1S/C8H4F14O6S2/c9-3(5(11,12)13,6(14,15)16)29(23,24)27-1-2-28-30(25,26)4(10,7(17,18)19)8(20,21)22/h1-2H2. The van der Waals surface area contributed by atoms with Crippen LogP contribution in [-0.4, -0.2) is 64.8 Å². The molecular formula is C8H4F14O6S2. The zero-order valence-electron chi connectivity index (χ0n) is 13.0. The van der Waals surface area contributed by atoms with Crippen LogP contribution in [0.1, 0.15) is 0 Å². The summed E-state index contributed by atoms with van der Waals surface area (Å²) in [5.41, 5.74) is 0. The van der Waals surface area contributed by atoms with Crippen molar-refractivity contribution in [2.75, 3.05) is 13.2 Å². The van der Waals surface area contributed by atoms with Gasteiger partial charge < -0.3 is 0 Å². The fourth-order valence-electron chi connectivity index (χ4n) is 1.34. The summed E-state index contributed by atoms with van der Waals surface area (Å²) in [6, 6.07) is 0. The van der Waals surface area contributed by atoms with Gasteiger partial charge in [-0.1, -0.05) is 0 Å². The highest BCUT2D eigenvalue weighted by Gasteiger charge is 2.82. The van der Waals surface area contributed by atoms with Crippen molar-refractivity contribution in [1.82, 2.24) is 0 Å².